The lowest BCUT2D eigenvalue weighted by molar-refractivity contribution is -1.01. The van der Waals surface area contributed by atoms with Crippen LogP contribution in [0.4, 0.5) is 0 Å². The van der Waals surface area contributed by atoms with Crippen LogP contribution >= 0.6 is 0 Å². The number of hydrogen-bond donors (Lipinski definition) is 0. The molecular formula is C12H18N3O3+3. The molecule has 1 aliphatic heterocycles. The standard InChI is InChI=1S/C12H18N3O3/c1-4-7-10-13(16)11(8-5-2)15(18)12(9-6-3)14(10)17/h4-6,10-12H,1-3,7-9H2/q+3. The molecular weight excluding hydrogens is 234 g/mol. The zero-order valence-electron chi connectivity index (χ0n) is 10.3. The Morgan fingerprint density at radius 2 is 0.889 bits per heavy atom. The minimum atomic E-state index is -0.914. The molecule has 0 saturated carbocycles. The first-order chi connectivity index (χ1) is 8.58. The minimum Gasteiger partial charge on any atom is -0.103 e. The van der Waals surface area contributed by atoms with Crippen LogP contribution in [0.25, 0.3) is 0 Å². The van der Waals surface area contributed by atoms with Gasteiger partial charge in [0.2, 0.25) is 0 Å². The van der Waals surface area contributed by atoms with Crippen LogP contribution in [0.5, 0.6) is 0 Å². The van der Waals surface area contributed by atoms with Crippen LogP contribution in [-0.4, -0.2) is 32.8 Å². The zero-order chi connectivity index (χ0) is 13.7. The highest BCUT2D eigenvalue weighted by atomic mass is 16.4. The summed E-state index contributed by atoms with van der Waals surface area (Å²) in [5, 5.41) is 0. The van der Waals surface area contributed by atoms with Gasteiger partial charge in [-0.1, -0.05) is 18.2 Å². The van der Waals surface area contributed by atoms with Crippen LogP contribution in [0.15, 0.2) is 38.0 Å². The maximum absolute atomic E-state index is 12.0. The number of nitroso groups, excluding NO2 is 3. The van der Waals surface area contributed by atoms with Crippen molar-refractivity contribution in [3.05, 3.63) is 52.7 Å². The predicted octanol–water partition coefficient (Wildman–Crippen LogP) is 2.04. The Bertz CT molecular complexity index is 337. The van der Waals surface area contributed by atoms with E-state index < -0.39 is 18.5 Å². The molecule has 0 aliphatic carbocycles. The zero-order valence-corrected chi connectivity index (χ0v) is 10.3. The molecule has 0 aromatic carbocycles. The summed E-state index contributed by atoms with van der Waals surface area (Å²) in [6.45, 7) is 10.6. The predicted molar refractivity (Wildman–Crippen MR) is 66.7 cm³/mol. The highest BCUT2D eigenvalue weighted by Gasteiger charge is 2.65. The van der Waals surface area contributed by atoms with E-state index in [1.165, 1.54) is 18.2 Å². The van der Waals surface area contributed by atoms with E-state index in [0.29, 0.717) is 14.3 Å². The van der Waals surface area contributed by atoms with Crippen molar-refractivity contribution in [1.82, 2.24) is 0 Å². The van der Waals surface area contributed by atoms with Gasteiger partial charge in [-0.25, -0.2) is 0 Å². The van der Waals surface area contributed by atoms with Crippen LogP contribution in [0, 0.1) is 14.7 Å². The third-order valence-corrected chi connectivity index (χ3v) is 2.89. The van der Waals surface area contributed by atoms with Crippen molar-refractivity contribution in [2.45, 2.75) is 37.8 Å². The number of nitrogens with zero attached hydrogens (tertiary/aromatic N) is 3. The normalized spacial score (nSPS) is 28.0. The molecule has 0 N–H and O–H groups in total. The molecule has 0 aromatic rings. The van der Waals surface area contributed by atoms with Crippen LogP contribution in [0.1, 0.15) is 19.3 Å². The Hall–Kier alpha value is -1.98. The van der Waals surface area contributed by atoms with Gasteiger partial charge in [0.25, 0.3) is 0 Å². The molecule has 0 radical (unpaired) electrons. The van der Waals surface area contributed by atoms with Crippen molar-refractivity contribution >= 4 is 0 Å². The first-order valence-corrected chi connectivity index (χ1v) is 5.77. The fourth-order valence-electron chi connectivity index (χ4n) is 2.00. The van der Waals surface area contributed by atoms with Crippen molar-refractivity contribution in [3.63, 3.8) is 0 Å². The topological polar surface area (TPSA) is 60.2 Å². The fraction of sp³-hybridized carbons (Fsp3) is 0.500. The molecule has 18 heavy (non-hydrogen) atoms. The van der Waals surface area contributed by atoms with E-state index in [-0.39, 0.29) is 19.3 Å². The summed E-state index contributed by atoms with van der Waals surface area (Å²) in [6, 6.07) is 0. The summed E-state index contributed by atoms with van der Waals surface area (Å²) >= 11 is 0. The Morgan fingerprint density at radius 3 is 1.06 bits per heavy atom. The summed E-state index contributed by atoms with van der Waals surface area (Å²) in [7, 11) is 0. The van der Waals surface area contributed by atoms with Gasteiger partial charge in [0.15, 0.2) is 0 Å². The number of hydrogen-bond acceptors (Lipinski definition) is 3. The van der Waals surface area contributed by atoms with Crippen LogP contribution in [-0.2, 0) is 0 Å². The van der Waals surface area contributed by atoms with Crippen molar-refractivity contribution in [2.75, 3.05) is 0 Å². The summed E-state index contributed by atoms with van der Waals surface area (Å²) in [5.74, 6) is 0. The maximum Gasteiger partial charge on any atom is 0.449 e. The Morgan fingerprint density at radius 1 is 0.667 bits per heavy atom. The monoisotopic (exact) mass is 252 g/mol. The molecule has 0 amide bonds. The first kappa shape index (κ1) is 14.1. The van der Waals surface area contributed by atoms with Gasteiger partial charge in [-0.3, -0.25) is 0 Å². The van der Waals surface area contributed by atoms with Gasteiger partial charge >= 0.3 is 18.5 Å². The molecule has 0 unspecified atom stereocenters. The van der Waals surface area contributed by atoms with Gasteiger partial charge in [-0.05, 0) is 0 Å². The molecule has 0 atom stereocenters. The molecule has 96 valence electrons. The summed E-state index contributed by atoms with van der Waals surface area (Å²) in [5.41, 5.74) is 0. The molecule has 6 nitrogen and oxygen atoms in total. The molecule has 1 heterocycles. The second-order valence-corrected chi connectivity index (χ2v) is 4.09. The van der Waals surface area contributed by atoms with Gasteiger partial charge in [0.1, 0.15) is 33.5 Å². The average molecular weight is 252 g/mol. The van der Waals surface area contributed by atoms with E-state index in [4.69, 9.17) is 0 Å². The van der Waals surface area contributed by atoms with Gasteiger partial charge in [-0.15, -0.1) is 19.7 Å². The molecule has 0 aromatic heterocycles. The molecule has 1 rings (SSSR count). The second-order valence-electron chi connectivity index (χ2n) is 4.09. The SMILES string of the molecule is C=CCC1[N+](=O)C(CC=C)[N+](=O)C(CC=C)[N+]1=O. The van der Waals surface area contributed by atoms with Crippen molar-refractivity contribution in [1.29, 1.82) is 0 Å². The molecule has 1 aliphatic rings. The van der Waals surface area contributed by atoms with Crippen LogP contribution in [0.3, 0.4) is 0 Å². The van der Waals surface area contributed by atoms with Crippen LogP contribution < -0.4 is 0 Å². The Kier molecular flexibility index (Phi) is 4.76. The fourth-order valence-corrected chi connectivity index (χ4v) is 2.00. The van der Waals surface area contributed by atoms with E-state index in [2.05, 4.69) is 19.7 Å². The third-order valence-electron chi connectivity index (χ3n) is 2.89. The Labute approximate surface area is 105 Å². The van der Waals surface area contributed by atoms with Crippen molar-refractivity contribution < 1.29 is 14.3 Å². The van der Waals surface area contributed by atoms with E-state index in [9.17, 15) is 14.7 Å². The summed E-state index contributed by atoms with van der Waals surface area (Å²) in [4.78, 5) is 36.0. The molecule has 0 spiro atoms. The molecule has 0 bridgehead atoms. The average Bonchev–Trinajstić information content (AvgIpc) is 2.35. The first-order valence-electron chi connectivity index (χ1n) is 5.77. The van der Waals surface area contributed by atoms with Gasteiger partial charge < -0.3 is 0 Å². The van der Waals surface area contributed by atoms with E-state index in [0.717, 1.165) is 0 Å². The lowest BCUT2D eigenvalue weighted by Crippen LogP contribution is -2.58. The summed E-state index contributed by atoms with van der Waals surface area (Å²) < 4.78 is 1.59. The van der Waals surface area contributed by atoms with Crippen molar-refractivity contribution in [2.24, 2.45) is 0 Å². The quantitative estimate of drug-likeness (QED) is 0.537. The highest BCUT2D eigenvalue weighted by molar-refractivity contribution is 4.74. The molecule has 1 fully saturated rings. The highest BCUT2D eigenvalue weighted by Crippen LogP contribution is 2.21. The van der Waals surface area contributed by atoms with E-state index >= 15 is 0 Å². The smallest absolute Gasteiger partial charge is 0.103 e. The largest absolute Gasteiger partial charge is 0.449 e. The number of rotatable bonds is 6. The summed E-state index contributed by atoms with van der Waals surface area (Å²) in [6.07, 6.45) is 2.38. The Balaban J connectivity index is 3.08. The third kappa shape index (κ3) is 2.47. The van der Waals surface area contributed by atoms with Crippen molar-refractivity contribution in [3.8, 4) is 0 Å². The minimum absolute atomic E-state index is 0.210. The van der Waals surface area contributed by atoms with E-state index in [1.807, 2.05) is 0 Å². The lowest BCUT2D eigenvalue weighted by Gasteiger charge is -2.12. The molecule has 6 heteroatoms. The van der Waals surface area contributed by atoms with E-state index in [1.54, 1.807) is 0 Å². The lowest BCUT2D eigenvalue weighted by atomic mass is 10.1. The maximum atomic E-state index is 12.0. The molecule has 1 saturated heterocycles. The van der Waals surface area contributed by atoms with Gasteiger partial charge in [-0.2, -0.15) is 0 Å². The van der Waals surface area contributed by atoms with Gasteiger partial charge in [0, 0.05) is 14.7 Å². The second kappa shape index (κ2) is 6.09. The van der Waals surface area contributed by atoms with Crippen LogP contribution in [0.2, 0.25) is 0 Å². The van der Waals surface area contributed by atoms with Gasteiger partial charge in [0.05, 0.1) is 0 Å².